The number of anilines is 1. The SMILES string of the molecule is CCNC(=NCc1ccc(OC)c(NC(C)=O)c1)N1CCSC(C(C)C)C1. The molecular weight excluding hydrogens is 360 g/mol. The van der Waals surface area contributed by atoms with E-state index < -0.39 is 0 Å². The fourth-order valence-corrected chi connectivity index (χ4v) is 4.30. The maximum Gasteiger partial charge on any atom is 0.221 e. The van der Waals surface area contributed by atoms with Gasteiger partial charge in [0, 0.05) is 37.6 Å². The summed E-state index contributed by atoms with van der Waals surface area (Å²) in [5.74, 6) is 3.27. The van der Waals surface area contributed by atoms with Crippen LogP contribution in [0.3, 0.4) is 0 Å². The quantitative estimate of drug-likeness (QED) is 0.575. The predicted molar refractivity (Wildman–Crippen MR) is 115 cm³/mol. The van der Waals surface area contributed by atoms with Gasteiger partial charge in [0.2, 0.25) is 5.91 Å². The Morgan fingerprint density at radius 3 is 2.85 bits per heavy atom. The number of hydrogen-bond donors (Lipinski definition) is 2. The minimum absolute atomic E-state index is 0.118. The highest BCUT2D eigenvalue weighted by Crippen LogP contribution is 2.27. The third kappa shape index (κ3) is 6.34. The van der Waals surface area contributed by atoms with Crippen molar-refractivity contribution in [1.82, 2.24) is 10.2 Å². The molecule has 1 heterocycles. The van der Waals surface area contributed by atoms with Crippen molar-refractivity contribution in [3.8, 4) is 5.75 Å². The van der Waals surface area contributed by atoms with E-state index in [1.807, 2.05) is 18.2 Å². The molecule has 0 aliphatic carbocycles. The molecule has 1 fully saturated rings. The Kier molecular flexibility index (Phi) is 8.28. The van der Waals surface area contributed by atoms with Crippen LogP contribution in [-0.2, 0) is 11.3 Å². The zero-order valence-electron chi connectivity index (χ0n) is 17.0. The van der Waals surface area contributed by atoms with Gasteiger partial charge in [-0.1, -0.05) is 19.9 Å². The molecule has 1 aliphatic rings. The van der Waals surface area contributed by atoms with Crippen LogP contribution in [0.15, 0.2) is 23.2 Å². The average molecular weight is 393 g/mol. The summed E-state index contributed by atoms with van der Waals surface area (Å²) < 4.78 is 5.32. The first kappa shape index (κ1) is 21.4. The molecule has 7 heteroatoms. The minimum atomic E-state index is -0.118. The topological polar surface area (TPSA) is 66.0 Å². The summed E-state index contributed by atoms with van der Waals surface area (Å²) >= 11 is 2.06. The Hall–Kier alpha value is -1.89. The number of ether oxygens (including phenoxy) is 1. The van der Waals surface area contributed by atoms with Crippen LogP contribution in [0.2, 0.25) is 0 Å². The second kappa shape index (κ2) is 10.4. The van der Waals surface area contributed by atoms with Crippen molar-refractivity contribution in [2.75, 3.05) is 37.8 Å². The Bertz CT molecular complexity index is 663. The molecule has 2 rings (SSSR count). The number of carbonyl (C=O) groups is 1. The van der Waals surface area contributed by atoms with Crippen LogP contribution < -0.4 is 15.4 Å². The Balaban J connectivity index is 2.15. The van der Waals surface area contributed by atoms with Gasteiger partial charge in [0.25, 0.3) is 0 Å². The van der Waals surface area contributed by atoms with Gasteiger partial charge in [-0.05, 0) is 30.5 Å². The number of rotatable bonds is 6. The molecule has 1 aliphatic heterocycles. The molecule has 0 aromatic heterocycles. The van der Waals surface area contributed by atoms with E-state index in [1.165, 1.54) is 6.92 Å². The van der Waals surface area contributed by atoms with Gasteiger partial charge in [-0.15, -0.1) is 0 Å². The summed E-state index contributed by atoms with van der Waals surface area (Å²) in [5.41, 5.74) is 1.71. The summed E-state index contributed by atoms with van der Waals surface area (Å²) in [6.07, 6.45) is 0. The molecule has 2 N–H and O–H groups in total. The van der Waals surface area contributed by atoms with Crippen molar-refractivity contribution in [2.24, 2.45) is 10.9 Å². The van der Waals surface area contributed by atoms with E-state index >= 15 is 0 Å². The molecule has 1 aromatic carbocycles. The smallest absolute Gasteiger partial charge is 0.221 e. The van der Waals surface area contributed by atoms with E-state index in [9.17, 15) is 4.79 Å². The fraction of sp³-hybridized carbons (Fsp3) is 0.600. The highest BCUT2D eigenvalue weighted by atomic mass is 32.2. The molecule has 1 amide bonds. The molecule has 0 bridgehead atoms. The van der Waals surface area contributed by atoms with Crippen molar-refractivity contribution in [1.29, 1.82) is 0 Å². The Morgan fingerprint density at radius 1 is 1.44 bits per heavy atom. The summed E-state index contributed by atoms with van der Waals surface area (Å²) in [4.78, 5) is 18.6. The van der Waals surface area contributed by atoms with Gasteiger partial charge in [-0.25, -0.2) is 4.99 Å². The molecule has 1 aromatic rings. The summed E-state index contributed by atoms with van der Waals surface area (Å²) in [6, 6.07) is 5.78. The molecule has 1 saturated heterocycles. The molecule has 0 spiro atoms. The van der Waals surface area contributed by atoms with Gasteiger partial charge in [0.15, 0.2) is 5.96 Å². The van der Waals surface area contributed by atoms with Crippen LogP contribution in [0.4, 0.5) is 5.69 Å². The molecule has 6 nitrogen and oxygen atoms in total. The number of carbonyl (C=O) groups excluding carboxylic acids is 1. The van der Waals surface area contributed by atoms with Crippen LogP contribution in [0.1, 0.15) is 33.3 Å². The van der Waals surface area contributed by atoms with Crippen LogP contribution in [0, 0.1) is 5.92 Å². The highest BCUT2D eigenvalue weighted by Gasteiger charge is 2.24. The number of nitrogens with one attached hydrogen (secondary N) is 2. The van der Waals surface area contributed by atoms with Crippen LogP contribution in [-0.4, -0.2) is 54.5 Å². The van der Waals surface area contributed by atoms with E-state index in [1.54, 1.807) is 7.11 Å². The monoisotopic (exact) mass is 392 g/mol. The van der Waals surface area contributed by atoms with E-state index in [0.717, 1.165) is 36.9 Å². The summed E-state index contributed by atoms with van der Waals surface area (Å²) in [6.45, 7) is 11.6. The molecule has 0 saturated carbocycles. The van der Waals surface area contributed by atoms with E-state index in [2.05, 4.69) is 48.1 Å². The highest BCUT2D eigenvalue weighted by molar-refractivity contribution is 8.00. The molecular formula is C20H32N4O2S. The lowest BCUT2D eigenvalue weighted by Gasteiger charge is -2.36. The standard InChI is InChI=1S/C20H32N4O2S/c1-6-21-20(24-9-10-27-19(13-24)14(2)3)22-12-16-7-8-18(26-5)17(11-16)23-15(4)25/h7-8,11,14,19H,6,9-10,12-13H2,1-5H3,(H,21,22)(H,23,25). The zero-order valence-corrected chi connectivity index (χ0v) is 17.9. The van der Waals surface area contributed by atoms with Crippen molar-refractivity contribution in [3.63, 3.8) is 0 Å². The Labute approximate surface area is 167 Å². The van der Waals surface area contributed by atoms with E-state index in [0.29, 0.717) is 29.1 Å². The number of aliphatic imine (C=N–C) groups is 1. The lowest BCUT2D eigenvalue weighted by molar-refractivity contribution is -0.114. The predicted octanol–water partition coefficient (Wildman–Crippen LogP) is 3.19. The molecule has 1 atom stereocenters. The van der Waals surface area contributed by atoms with Crippen LogP contribution in [0.25, 0.3) is 0 Å². The Morgan fingerprint density at radius 2 is 2.22 bits per heavy atom. The first-order valence-corrected chi connectivity index (χ1v) is 10.6. The van der Waals surface area contributed by atoms with Crippen molar-refractivity contribution < 1.29 is 9.53 Å². The summed E-state index contributed by atoms with van der Waals surface area (Å²) in [7, 11) is 1.60. The maximum absolute atomic E-state index is 11.4. The normalized spacial score (nSPS) is 17.8. The van der Waals surface area contributed by atoms with Gasteiger partial charge in [-0.3, -0.25) is 4.79 Å². The van der Waals surface area contributed by atoms with E-state index in [4.69, 9.17) is 9.73 Å². The lowest BCUT2D eigenvalue weighted by atomic mass is 10.1. The number of methoxy groups -OCH3 is 1. The van der Waals surface area contributed by atoms with Crippen LogP contribution in [0.5, 0.6) is 5.75 Å². The first-order valence-electron chi connectivity index (χ1n) is 9.54. The van der Waals surface area contributed by atoms with Crippen molar-refractivity contribution in [2.45, 2.75) is 39.5 Å². The van der Waals surface area contributed by atoms with Crippen molar-refractivity contribution >= 4 is 29.3 Å². The largest absolute Gasteiger partial charge is 0.495 e. The van der Waals surface area contributed by atoms with Gasteiger partial charge in [0.1, 0.15) is 5.75 Å². The number of benzene rings is 1. The molecule has 27 heavy (non-hydrogen) atoms. The summed E-state index contributed by atoms with van der Waals surface area (Å²) in [5, 5.41) is 6.88. The minimum Gasteiger partial charge on any atom is -0.495 e. The third-order valence-electron chi connectivity index (χ3n) is 4.46. The third-order valence-corrected chi connectivity index (χ3v) is 6.00. The lowest BCUT2D eigenvalue weighted by Crippen LogP contribution is -2.49. The molecule has 150 valence electrons. The number of thioether (sulfide) groups is 1. The second-order valence-corrected chi connectivity index (χ2v) is 8.33. The first-order chi connectivity index (χ1) is 12.9. The van der Waals surface area contributed by atoms with Gasteiger partial charge >= 0.3 is 0 Å². The molecule has 0 radical (unpaired) electrons. The fourth-order valence-electron chi connectivity index (χ4n) is 3.00. The van der Waals surface area contributed by atoms with Gasteiger partial charge in [-0.2, -0.15) is 11.8 Å². The second-order valence-electron chi connectivity index (χ2n) is 6.99. The van der Waals surface area contributed by atoms with Gasteiger partial charge < -0.3 is 20.3 Å². The van der Waals surface area contributed by atoms with E-state index in [-0.39, 0.29) is 5.91 Å². The number of amides is 1. The maximum atomic E-state index is 11.4. The van der Waals surface area contributed by atoms with Gasteiger partial charge in [0.05, 0.1) is 19.3 Å². The molecule has 1 unspecified atom stereocenters. The number of guanidine groups is 1. The van der Waals surface area contributed by atoms with Crippen LogP contribution >= 0.6 is 11.8 Å². The zero-order chi connectivity index (χ0) is 19.8. The van der Waals surface area contributed by atoms with Crippen molar-refractivity contribution in [3.05, 3.63) is 23.8 Å². The average Bonchev–Trinajstić information content (AvgIpc) is 2.65. The number of hydrogen-bond acceptors (Lipinski definition) is 4. The number of nitrogens with zero attached hydrogens (tertiary/aromatic N) is 2.